The molecule has 0 unspecified atom stereocenters. The van der Waals surface area contributed by atoms with Crippen molar-refractivity contribution in [1.82, 2.24) is 4.98 Å². The Morgan fingerprint density at radius 2 is 1.88 bits per heavy atom. The number of aryl methyl sites for hydroxylation is 1. The first-order chi connectivity index (χ1) is 15.5. The number of anilines is 2. The molecule has 1 aromatic heterocycles. The molecule has 2 amide bonds. The van der Waals surface area contributed by atoms with Crippen LogP contribution in [0.5, 0.6) is 0 Å². The lowest BCUT2D eigenvalue weighted by Gasteiger charge is -2.14. The van der Waals surface area contributed by atoms with Crippen molar-refractivity contribution in [3.05, 3.63) is 69.7 Å². The highest BCUT2D eigenvalue weighted by Crippen LogP contribution is 2.33. The Hall–Kier alpha value is -2.35. The highest BCUT2D eigenvalue weighted by atomic mass is 35.5. The average Bonchev–Trinajstić information content (AvgIpc) is 3.44. The molecule has 0 atom stereocenters. The summed E-state index contributed by atoms with van der Waals surface area (Å²) in [6.07, 6.45) is 4.00. The molecule has 8 heteroatoms. The number of nitrogens with one attached hydrogen (secondary N) is 2. The van der Waals surface area contributed by atoms with Crippen LogP contribution in [0.4, 0.5) is 15.6 Å². The van der Waals surface area contributed by atoms with E-state index < -0.39 is 6.03 Å². The summed E-state index contributed by atoms with van der Waals surface area (Å²) in [6.45, 7) is 1.95. The van der Waals surface area contributed by atoms with E-state index in [4.69, 9.17) is 11.6 Å². The zero-order chi connectivity index (χ0) is 22.5. The Kier molecular flexibility index (Phi) is 7.50. The molecule has 0 radical (unpaired) electrons. The van der Waals surface area contributed by atoms with Crippen LogP contribution in [0.25, 0.3) is 0 Å². The summed E-state index contributed by atoms with van der Waals surface area (Å²) in [6, 6.07) is 15.1. The number of carbonyl (C=O) groups is 2. The van der Waals surface area contributed by atoms with Gasteiger partial charge in [-0.3, -0.25) is 10.1 Å². The number of rotatable bonds is 7. The van der Waals surface area contributed by atoms with Gasteiger partial charge >= 0.3 is 6.03 Å². The van der Waals surface area contributed by atoms with Crippen molar-refractivity contribution >= 4 is 57.3 Å². The van der Waals surface area contributed by atoms with Crippen LogP contribution in [0.15, 0.2) is 53.4 Å². The van der Waals surface area contributed by atoms with Crippen LogP contribution in [0.3, 0.4) is 0 Å². The predicted molar refractivity (Wildman–Crippen MR) is 133 cm³/mol. The minimum atomic E-state index is -0.443. The number of thioether (sulfide) groups is 1. The van der Waals surface area contributed by atoms with Gasteiger partial charge in [0, 0.05) is 22.1 Å². The largest absolute Gasteiger partial charge is 0.325 e. The fraction of sp³-hybridized carbons (Fsp3) is 0.292. The van der Waals surface area contributed by atoms with E-state index >= 15 is 0 Å². The maximum atomic E-state index is 13.0. The van der Waals surface area contributed by atoms with E-state index in [-0.39, 0.29) is 11.7 Å². The average molecular weight is 486 g/mol. The van der Waals surface area contributed by atoms with Gasteiger partial charge in [-0.05, 0) is 44.0 Å². The van der Waals surface area contributed by atoms with Crippen molar-refractivity contribution in [1.29, 1.82) is 0 Å². The number of hydrogen-bond donors (Lipinski definition) is 2. The van der Waals surface area contributed by atoms with Crippen LogP contribution < -0.4 is 10.6 Å². The fourth-order valence-corrected chi connectivity index (χ4v) is 5.84. The number of nitrogens with zero attached hydrogens (tertiary/aromatic N) is 1. The summed E-state index contributed by atoms with van der Waals surface area (Å²) < 4.78 is 0.552. The minimum Gasteiger partial charge on any atom is -0.307 e. The molecular formula is C24H24ClN3O2S2. The molecule has 0 aliphatic heterocycles. The van der Waals surface area contributed by atoms with Gasteiger partial charge in [0.1, 0.15) is 4.34 Å². The van der Waals surface area contributed by atoms with E-state index in [1.165, 1.54) is 11.3 Å². The number of carbonyl (C=O) groups excluding carboxylic acids is 2. The summed E-state index contributed by atoms with van der Waals surface area (Å²) in [5, 5.41) is 6.00. The molecule has 0 bridgehead atoms. The number of thiazole rings is 1. The van der Waals surface area contributed by atoms with Crippen molar-refractivity contribution in [3.8, 4) is 0 Å². The predicted octanol–water partition coefficient (Wildman–Crippen LogP) is 7.41. The van der Waals surface area contributed by atoms with E-state index in [2.05, 4.69) is 15.6 Å². The van der Waals surface area contributed by atoms with Crippen molar-refractivity contribution in [3.63, 3.8) is 0 Å². The molecule has 1 heterocycles. The summed E-state index contributed by atoms with van der Waals surface area (Å²) >= 11 is 9.20. The van der Waals surface area contributed by atoms with Gasteiger partial charge in [0.25, 0.3) is 0 Å². The Bertz CT molecular complexity index is 1110. The van der Waals surface area contributed by atoms with E-state index in [1.807, 2.05) is 49.4 Å². The van der Waals surface area contributed by atoms with Crippen LogP contribution in [0.2, 0.25) is 4.34 Å². The summed E-state index contributed by atoms with van der Waals surface area (Å²) in [4.78, 5) is 31.2. The molecule has 1 aliphatic carbocycles. The maximum absolute atomic E-state index is 13.0. The van der Waals surface area contributed by atoms with Crippen LogP contribution in [0, 0.1) is 12.8 Å². The highest BCUT2D eigenvalue weighted by molar-refractivity contribution is 7.98. The number of Topliss-reactive ketones (excluding diaryl/α,β-unsaturated/α-hetero) is 1. The quantitative estimate of drug-likeness (QED) is 0.270. The molecule has 32 heavy (non-hydrogen) atoms. The lowest BCUT2D eigenvalue weighted by atomic mass is 9.94. The summed E-state index contributed by atoms with van der Waals surface area (Å²) in [5.41, 5.74) is 2.81. The molecule has 166 valence electrons. The molecule has 1 fully saturated rings. The molecule has 0 spiro atoms. The standard InChI is InChI=1S/C24H24ClN3O2S2/c1-15-11-12-19(18(13-15)21(29)16-7-5-6-8-16)26-23(30)28-24-27-20(22(25)32-24)14-31-17-9-3-2-4-10-17/h2-4,9-13,16H,5-8,14H2,1H3,(H2,26,27,28,30). The number of benzene rings is 2. The van der Waals surface area contributed by atoms with E-state index in [1.54, 1.807) is 17.8 Å². The molecule has 5 nitrogen and oxygen atoms in total. The first kappa shape index (κ1) is 22.8. The number of urea groups is 1. The molecule has 1 aliphatic rings. The van der Waals surface area contributed by atoms with Crippen LogP contribution in [-0.2, 0) is 5.75 Å². The summed E-state index contributed by atoms with van der Waals surface area (Å²) in [7, 11) is 0. The van der Waals surface area contributed by atoms with Gasteiger partial charge in [-0.1, -0.05) is 65.6 Å². The van der Waals surface area contributed by atoms with Crippen LogP contribution in [0.1, 0.15) is 47.3 Å². The third-order valence-corrected chi connectivity index (χ3v) is 7.68. The van der Waals surface area contributed by atoms with E-state index in [9.17, 15) is 9.59 Å². The zero-order valence-electron chi connectivity index (χ0n) is 17.7. The Morgan fingerprint density at radius 1 is 1.12 bits per heavy atom. The maximum Gasteiger partial charge on any atom is 0.325 e. The molecule has 2 aromatic carbocycles. The monoisotopic (exact) mass is 485 g/mol. The normalized spacial score (nSPS) is 13.8. The molecule has 3 aromatic rings. The number of hydrogen-bond acceptors (Lipinski definition) is 5. The third kappa shape index (κ3) is 5.71. The second-order valence-electron chi connectivity index (χ2n) is 7.81. The van der Waals surface area contributed by atoms with Gasteiger partial charge < -0.3 is 5.32 Å². The van der Waals surface area contributed by atoms with Crippen LogP contribution in [-0.4, -0.2) is 16.8 Å². The number of aromatic nitrogens is 1. The van der Waals surface area contributed by atoms with Gasteiger partial charge in [-0.25, -0.2) is 9.78 Å². The molecule has 1 saturated carbocycles. The van der Waals surface area contributed by atoms with Crippen molar-refractivity contribution < 1.29 is 9.59 Å². The number of amides is 2. The second kappa shape index (κ2) is 10.5. The van der Waals surface area contributed by atoms with Gasteiger partial charge in [0.05, 0.1) is 11.4 Å². The first-order valence-electron chi connectivity index (χ1n) is 10.6. The van der Waals surface area contributed by atoms with Gasteiger partial charge in [-0.2, -0.15) is 0 Å². The number of ketones is 1. The van der Waals surface area contributed by atoms with Crippen molar-refractivity contribution in [2.75, 3.05) is 10.6 Å². The van der Waals surface area contributed by atoms with Crippen molar-refractivity contribution in [2.24, 2.45) is 5.92 Å². The van der Waals surface area contributed by atoms with Crippen molar-refractivity contribution in [2.45, 2.75) is 43.3 Å². The fourth-order valence-electron chi connectivity index (χ4n) is 3.77. The van der Waals surface area contributed by atoms with E-state index in [0.717, 1.165) is 41.8 Å². The Morgan fingerprint density at radius 3 is 2.62 bits per heavy atom. The second-order valence-corrected chi connectivity index (χ2v) is 10.5. The van der Waals surface area contributed by atoms with Gasteiger partial charge in [0.2, 0.25) is 0 Å². The Labute approximate surface area is 201 Å². The highest BCUT2D eigenvalue weighted by Gasteiger charge is 2.26. The van der Waals surface area contributed by atoms with Gasteiger partial charge in [-0.15, -0.1) is 11.8 Å². The molecule has 0 saturated heterocycles. The van der Waals surface area contributed by atoms with Gasteiger partial charge in [0.15, 0.2) is 10.9 Å². The van der Waals surface area contributed by atoms with E-state index in [0.29, 0.717) is 26.5 Å². The third-order valence-electron chi connectivity index (χ3n) is 5.40. The molecular weight excluding hydrogens is 462 g/mol. The minimum absolute atomic E-state index is 0.0443. The van der Waals surface area contributed by atoms with Crippen LogP contribution >= 0.6 is 34.7 Å². The SMILES string of the molecule is Cc1ccc(NC(=O)Nc2nc(CSc3ccccc3)c(Cl)s2)c(C(=O)C2CCCC2)c1. The Balaban J connectivity index is 1.41. The smallest absolute Gasteiger partial charge is 0.307 e. The zero-order valence-corrected chi connectivity index (χ0v) is 20.1. The number of halogens is 1. The molecule has 4 rings (SSSR count). The summed E-state index contributed by atoms with van der Waals surface area (Å²) in [5.74, 6) is 0.766. The topological polar surface area (TPSA) is 71.1 Å². The lowest BCUT2D eigenvalue weighted by Crippen LogP contribution is -2.22. The first-order valence-corrected chi connectivity index (χ1v) is 12.7. The lowest BCUT2D eigenvalue weighted by molar-refractivity contribution is 0.0923. The molecule has 2 N–H and O–H groups in total.